The van der Waals surface area contributed by atoms with E-state index < -0.39 is 0 Å². The third-order valence-corrected chi connectivity index (χ3v) is 5.81. The van der Waals surface area contributed by atoms with Crippen LogP contribution in [0.4, 0.5) is 5.69 Å². The number of carbonyl (C=O) groups excluding carboxylic acids is 1. The molecule has 0 radical (unpaired) electrons. The highest BCUT2D eigenvalue weighted by Gasteiger charge is 2.08. The molecule has 7 heteroatoms. The molecule has 3 rings (SSSR count). The van der Waals surface area contributed by atoms with Gasteiger partial charge in [-0.1, -0.05) is 49.0 Å². The summed E-state index contributed by atoms with van der Waals surface area (Å²) in [4.78, 5) is 32.3. The van der Waals surface area contributed by atoms with Crippen molar-refractivity contribution < 1.29 is 4.79 Å². The van der Waals surface area contributed by atoms with Gasteiger partial charge in [-0.05, 0) is 36.2 Å². The lowest BCUT2D eigenvalue weighted by molar-refractivity contribution is -0.113. The van der Waals surface area contributed by atoms with E-state index in [1.54, 1.807) is 11.8 Å². The van der Waals surface area contributed by atoms with Crippen LogP contribution in [-0.4, -0.2) is 21.6 Å². The molecule has 0 atom stereocenters. The number of hydrogen-bond donors (Lipinski definition) is 2. The van der Waals surface area contributed by atoms with E-state index in [0.717, 1.165) is 17.0 Å². The third-order valence-electron chi connectivity index (χ3n) is 3.89. The van der Waals surface area contributed by atoms with Gasteiger partial charge in [0.25, 0.3) is 5.56 Å². The first kappa shape index (κ1) is 20.2. The highest BCUT2D eigenvalue weighted by Crippen LogP contribution is 2.22. The minimum absolute atomic E-state index is 0.138. The van der Waals surface area contributed by atoms with Crippen LogP contribution in [0.2, 0.25) is 0 Å². The molecule has 2 aromatic carbocycles. The molecule has 28 heavy (non-hydrogen) atoms. The van der Waals surface area contributed by atoms with Gasteiger partial charge >= 0.3 is 0 Å². The third kappa shape index (κ3) is 6.28. The SMILES string of the molecule is CCc1ccc(NC(=O)CSc2nc(CSc3ccccc3)cc(=O)[nH]2)cc1. The molecule has 144 valence electrons. The molecule has 0 saturated heterocycles. The highest BCUT2D eigenvalue weighted by molar-refractivity contribution is 7.99. The fourth-order valence-corrected chi connectivity index (χ4v) is 3.96. The smallest absolute Gasteiger partial charge is 0.251 e. The summed E-state index contributed by atoms with van der Waals surface area (Å²) in [5.41, 5.74) is 2.46. The Morgan fingerprint density at radius 2 is 1.82 bits per heavy atom. The molecular formula is C21H21N3O2S2. The zero-order valence-corrected chi connectivity index (χ0v) is 17.1. The second-order valence-electron chi connectivity index (χ2n) is 6.03. The van der Waals surface area contributed by atoms with Gasteiger partial charge in [0, 0.05) is 22.4 Å². The van der Waals surface area contributed by atoms with Gasteiger partial charge in [-0.15, -0.1) is 11.8 Å². The van der Waals surface area contributed by atoms with Crippen molar-refractivity contribution in [1.82, 2.24) is 9.97 Å². The molecule has 5 nitrogen and oxygen atoms in total. The standard InChI is InChI=1S/C21H21N3O2S2/c1-2-15-8-10-16(11-9-15)22-20(26)14-28-21-23-17(12-19(25)24-21)13-27-18-6-4-3-5-7-18/h3-12H,2,13-14H2,1H3,(H,22,26)(H,23,24,25). The fraction of sp³-hybridized carbons (Fsp3) is 0.190. The molecule has 0 fully saturated rings. The van der Waals surface area contributed by atoms with E-state index in [2.05, 4.69) is 22.2 Å². The number of benzene rings is 2. The van der Waals surface area contributed by atoms with E-state index in [4.69, 9.17) is 0 Å². The van der Waals surface area contributed by atoms with E-state index in [1.165, 1.54) is 23.4 Å². The number of carbonyl (C=O) groups is 1. The van der Waals surface area contributed by atoms with E-state index in [1.807, 2.05) is 54.6 Å². The van der Waals surface area contributed by atoms with Crippen LogP contribution in [0, 0.1) is 0 Å². The van der Waals surface area contributed by atoms with Crippen molar-refractivity contribution in [3.8, 4) is 0 Å². The van der Waals surface area contributed by atoms with Gasteiger partial charge < -0.3 is 10.3 Å². The monoisotopic (exact) mass is 411 g/mol. The van der Waals surface area contributed by atoms with Crippen LogP contribution in [0.15, 0.2) is 75.5 Å². The molecular weight excluding hydrogens is 390 g/mol. The normalized spacial score (nSPS) is 10.6. The number of H-pyrrole nitrogens is 1. The molecule has 2 N–H and O–H groups in total. The Morgan fingerprint density at radius 3 is 2.54 bits per heavy atom. The summed E-state index contributed by atoms with van der Waals surface area (Å²) in [6.45, 7) is 2.09. The molecule has 0 aliphatic carbocycles. The minimum Gasteiger partial charge on any atom is -0.325 e. The summed E-state index contributed by atoms with van der Waals surface area (Å²) < 4.78 is 0. The van der Waals surface area contributed by atoms with E-state index in [0.29, 0.717) is 16.6 Å². The molecule has 1 aromatic heterocycles. The Hall–Kier alpha value is -2.51. The molecule has 0 bridgehead atoms. The van der Waals surface area contributed by atoms with E-state index in [9.17, 15) is 9.59 Å². The fourth-order valence-electron chi connectivity index (χ4n) is 2.45. The first-order valence-corrected chi connectivity index (χ1v) is 10.9. The van der Waals surface area contributed by atoms with Crippen LogP contribution in [0.25, 0.3) is 0 Å². The molecule has 1 heterocycles. The van der Waals surface area contributed by atoms with Crippen LogP contribution < -0.4 is 10.9 Å². The molecule has 0 saturated carbocycles. The molecule has 0 aliphatic rings. The van der Waals surface area contributed by atoms with Crippen LogP contribution >= 0.6 is 23.5 Å². The summed E-state index contributed by atoms with van der Waals surface area (Å²) in [5.74, 6) is 0.631. The zero-order valence-electron chi connectivity index (χ0n) is 15.5. The van der Waals surface area contributed by atoms with Gasteiger partial charge in [0.1, 0.15) is 0 Å². The summed E-state index contributed by atoms with van der Waals surface area (Å²) in [6.07, 6.45) is 0.960. The Morgan fingerprint density at radius 1 is 1.07 bits per heavy atom. The second kappa shape index (κ2) is 10.1. The number of amides is 1. The van der Waals surface area contributed by atoms with E-state index >= 15 is 0 Å². The molecule has 0 spiro atoms. The number of nitrogens with one attached hydrogen (secondary N) is 2. The Kier molecular flexibility index (Phi) is 7.33. The van der Waals surface area contributed by atoms with Crippen LogP contribution in [0.1, 0.15) is 18.2 Å². The lowest BCUT2D eigenvalue weighted by Gasteiger charge is -2.07. The van der Waals surface area contributed by atoms with Gasteiger partial charge in [0.2, 0.25) is 5.91 Å². The average Bonchev–Trinajstić information content (AvgIpc) is 2.72. The van der Waals surface area contributed by atoms with Gasteiger partial charge in [0.15, 0.2) is 5.16 Å². The van der Waals surface area contributed by atoms with Crippen molar-refractivity contribution >= 4 is 35.1 Å². The number of anilines is 1. The van der Waals surface area contributed by atoms with E-state index in [-0.39, 0.29) is 17.2 Å². The Labute approximate surface area is 172 Å². The van der Waals surface area contributed by atoms with Gasteiger partial charge in [-0.3, -0.25) is 9.59 Å². The average molecular weight is 412 g/mol. The number of hydrogen-bond acceptors (Lipinski definition) is 5. The summed E-state index contributed by atoms with van der Waals surface area (Å²) >= 11 is 2.83. The summed E-state index contributed by atoms with van der Waals surface area (Å²) in [7, 11) is 0. The number of thioether (sulfide) groups is 2. The maximum absolute atomic E-state index is 12.2. The lowest BCUT2D eigenvalue weighted by Crippen LogP contribution is -2.15. The molecule has 1 amide bonds. The predicted octanol–water partition coefficient (Wildman–Crippen LogP) is 4.36. The number of nitrogens with zero attached hydrogens (tertiary/aromatic N) is 1. The lowest BCUT2D eigenvalue weighted by atomic mass is 10.1. The van der Waals surface area contributed by atoms with Gasteiger partial charge in [-0.2, -0.15) is 0 Å². The number of aromatic nitrogens is 2. The largest absolute Gasteiger partial charge is 0.325 e. The first-order chi connectivity index (χ1) is 13.6. The zero-order chi connectivity index (χ0) is 19.8. The van der Waals surface area contributed by atoms with Crippen LogP contribution in [0.3, 0.4) is 0 Å². The Balaban J connectivity index is 1.55. The maximum atomic E-state index is 12.2. The summed E-state index contributed by atoms with van der Waals surface area (Å²) in [5, 5.41) is 3.31. The topological polar surface area (TPSA) is 74.8 Å². The maximum Gasteiger partial charge on any atom is 0.251 e. The molecule has 0 aliphatic heterocycles. The first-order valence-electron chi connectivity index (χ1n) is 8.92. The van der Waals surface area contributed by atoms with Crippen LogP contribution in [0.5, 0.6) is 0 Å². The van der Waals surface area contributed by atoms with Crippen molar-refractivity contribution in [2.24, 2.45) is 0 Å². The predicted molar refractivity (Wildman–Crippen MR) is 116 cm³/mol. The van der Waals surface area contributed by atoms with Gasteiger partial charge in [-0.25, -0.2) is 4.98 Å². The van der Waals surface area contributed by atoms with Crippen molar-refractivity contribution in [2.45, 2.75) is 29.1 Å². The van der Waals surface area contributed by atoms with Crippen molar-refractivity contribution in [3.05, 3.63) is 82.3 Å². The van der Waals surface area contributed by atoms with Crippen LogP contribution in [-0.2, 0) is 17.0 Å². The minimum atomic E-state index is -0.211. The second-order valence-corrected chi connectivity index (χ2v) is 8.04. The Bertz CT molecular complexity index is 973. The quantitative estimate of drug-likeness (QED) is 0.426. The number of rotatable bonds is 8. The van der Waals surface area contributed by atoms with Crippen molar-refractivity contribution in [1.29, 1.82) is 0 Å². The van der Waals surface area contributed by atoms with Crippen molar-refractivity contribution in [3.63, 3.8) is 0 Å². The summed E-state index contributed by atoms with van der Waals surface area (Å²) in [6, 6.07) is 19.2. The molecule has 3 aromatic rings. The number of aromatic amines is 1. The van der Waals surface area contributed by atoms with Gasteiger partial charge in [0.05, 0.1) is 11.4 Å². The van der Waals surface area contributed by atoms with Crippen molar-refractivity contribution in [2.75, 3.05) is 11.1 Å². The highest BCUT2D eigenvalue weighted by atomic mass is 32.2. The number of aryl methyl sites for hydroxylation is 1. The molecule has 0 unspecified atom stereocenters.